The lowest BCUT2D eigenvalue weighted by Crippen LogP contribution is -2.38. The van der Waals surface area contributed by atoms with E-state index in [0.29, 0.717) is 24.2 Å². The Hall–Kier alpha value is -0.860. The number of rotatable bonds is 6. The predicted molar refractivity (Wildman–Crippen MR) is 86.7 cm³/mol. The van der Waals surface area contributed by atoms with Gasteiger partial charge in [0.2, 0.25) is 5.89 Å². The molecule has 0 aliphatic carbocycles. The fraction of sp³-hybridized carbons (Fsp3) is 0.750. The van der Waals surface area contributed by atoms with Crippen molar-refractivity contribution in [2.75, 3.05) is 13.1 Å². The third-order valence-electron chi connectivity index (χ3n) is 2.31. The monoisotopic (exact) mass is 381 g/mol. The molecule has 0 saturated heterocycles. The first kappa shape index (κ1) is 18.1. The SMILES string of the molecule is CCNC(=NCc1noc(C)n1)NCCC(C)C.I. The van der Waals surface area contributed by atoms with Gasteiger partial charge in [-0.1, -0.05) is 19.0 Å². The number of hydrogen-bond donors (Lipinski definition) is 2. The summed E-state index contributed by atoms with van der Waals surface area (Å²) in [5.41, 5.74) is 0. The van der Waals surface area contributed by atoms with E-state index in [0.717, 1.165) is 25.5 Å². The second-order valence-electron chi connectivity index (χ2n) is 4.53. The van der Waals surface area contributed by atoms with Crippen LogP contribution in [0.3, 0.4) is 0 Å². The molecule has 0 bridgehead atoms. The molecule has 0 aliphatic rings. The van der Waals surface area contributed by atoms with E-state index in [1.807, 2.05) is 6.92 Å². The minimum atomic E-state index is 0. The summed E-state index contributed by atoms with van der Waals surface area (Å²) >= 11 is 0. The summed E-state index contributed by atoms with van der Waals surface area (Å²) in [5, 5.41) is 10.3. The average molecular weight is 381 g/mol. The maximum absolute atomic E-state index is 4.90. The Bertz CT molecular complexity index is 378. The highest BCUT2D eigenvalue weighted by Gasteiger charge is 2.02. The normalized spacial score (nSPS) is 11.3. The van der Waals surface area contributed by atoms with Crippen LogP contribution in [0.25, 0.3) is 0 Å². The molecule has 0 spiro atoms. The first-order chi connectivity index (χ1) is 8.61. The Morgan fingerprint density at radius 1 is 1.37 bits per heavy atom. The number of aromatic nitrogens is 2. The number of nitrogens with zero attached hydrogens (tertiary/aromatic N) is 3. The van der Waals surface area contributed by atoms with Crippen LogP contribution in [0.2, 0.25) is 0 Å². The molecule has 0 aliphatic heterocycles. The molecular formula is C12H24IN5O. The van der Waals surface area contributed by atoms with Crippen LogP contribution in [0.5, 0.6) is 0 Å². The van der Waals surface area contributed by atoms with Crippen molar-refractivity contribution in [2.24, 2.45) is 10.9 Å². The van der Waals surface area contributed by atoms with Crippen molar-refractivity contribution in [3.63, 3.8) is 0 Å². The zero-order valence-electron chi connectivity index (χ0n) is 12.1. The van der Waals surface area contributed by atoms with E-state index in [1.165, 1.54) is 0 Å². The standard InChI is InChI=1S/C12H23N5O.HI/c1-5-13-12(14-7-6-9(2)3)15-8-11-16-10(4)18-17-11;/h9H,5-8H2,1-4H3,(H2,13,14,15);1H. The number of aryl methyl sites for hydroxylation is 1. The van der Waals surface area contributed by atoms with Crippen molar-refractivity contribution in [1.29, 1.82) is 0 Å². The number of nitrogens with one attached hydrogen (secondary N) is 2. The van der Waals surface area contributed by atoms with Crippen LogP contribution < -0.4 is 10.6 Å². The Morgan fingerprint density at radius 3 is 2.63 bits per heavy atom. The maximum atomic E-state index is 4.90. The maximum Gasteiger partial charge on any atom is 0.223 e. The van der Waals surface area contributed by atoms with E-state index in [-0.39, 0.29) is 24.0 Å². The largest absolute Gasteiger partial charge is 0.357 e. The van der Waals surface area contributed by atoms with E-state index in [4.69, 9.17) is 4.52 Å². The van der Waals surface area contributed by atoms with Crippen molar-refractivity contribution in [2.45, 2.75) is 40.7 Å². The Labute approximate surface area is 131 Å². The van der Waals surface area contributed by atoms with Gasteiger partial charge in [-0.15, -0.1) is 24.0 Å². The van der Waals surface area contributed by atoms with Crippen molar-refractivity contribution in [3.8, 4) is 0 Å². The van der Waals surface area contributed by atoms with Crippen molar-refractivity contribution in [1.82, 2.24) is 20.8 Å². The van der Waals surface area contributed by atoms with E-state index < -0.39 is 0 Å². The smallest absolute Gasteiger partial charge is 0.223 e. The first-order valence-corrected chi connectivity index (χ1v) is 6.43. The fourth-order valence-corrected chi connectivity index (χ4v) is 1.38. The van der Waals surface area contributed by atoms with Crippen LogP contribution in [0.1, 0.15) is 38.9 Å². The minimum absolute atomic E-state index is 0. The molecular weight excluding hydrogens is 357 g/mol. The lowest BCUT2D eigenvalue weighted by molar-refractivity contribution is 0.387. The van der Waals surface area contributed by atoms with Crippen molar-refractivity contribution >= 4 is 29.9 Å². The van der Waals surface area contributed by atoms with Crippen LogP contribution in [-0.4, -0.2) is 29.2 Å². The average Bonchev–Trinajstić information content (AvgIpc) is 2.71. The predicted octanol–water partition coefficient (Wildman–Crippen LogP) is 2.10. The van der Waals surface area contributed by atoms with E-state index >= 15 is 0 Å². The van der Waals surface area contributed by atoms with Gasteiger partial charge in [-0.25, -0.2) is 4.99 Å². The van der Waals surface area contributed by atoms with Crippen LogP contribution >= 0.6 is 24.0 Å². The van der Waals surface area contributed by atoms with Gasteiger partial charge < -0.3 is 15.2 Å². The van der Waals surface area contributed by atoms with Gasteiger partial charge in [-0.05, 0) is 19.3 Å². The van der Waals surface area contributed by atoms with E-state index in [9.17, 15) is 0 Å². The van der Waals surface area contributed by atoms with Gasteiger partial charge in [0.25, 0.3) is 0 Å². The molecule has 1 aromatic heterocycles. The summed E-state index contributed by atoms with van der Waals surface area (Å²) in [4.78, 5) is 8.51. The molecule has 0 aromatic carbocycles. The molecule has 0 radical (unpaired) electrons. The van der Waals surface area contributed by atoms with Crippen LogP contribution in [-0.2, 0) is 6.54 Å². The number of aliphatic imine (C=N–C) groups is 1. The second-order valence-corrected chi connectivity index (χ2v) is 4.53. The van der Waals surface area contributed by atoms with Gasteiger partial charge in [0.05, 0.1) is 0 Å². The summed E-state index contributed by atoms with van der Waals surface area (Å²) < 4.78 is 4.90. The van der Waals surface area contributed by atoms with Gasteiger partial charge in [0.1, 0.15) is 6.54 Å². The van der Waals surface area contributed by atoms with Gasteiger partial charge in [0.15, 0.2) is 11.8 Å². The molecule has 0 amide bonds. The second kappa shape index (κ2) is 9.99. The molecule has 110 valence electrons. The van der Waals surface area contributed by atoms with Gasteiger partial charge in [-0.2, -0.15) is 4.98 Å². The van der Waals surface area contributed by atoms with Crippen molar-refractivity contribution < 1.29 is 4.52 Å². The highest BCUT2D eigenvalue weighted by Crippen LogP contribution is 1.98. The molecule has 0 unspecified atom stereocenters. The van der Waals surface area contributed by atoms with E-state index in [1.54, 1.807) is 6.92 Å². The fourth-order valence-electron chi connectivity index (χ4n) is 1.38. The van der Waals surface area contributed by atoms with Gasteiger partial charge in [-0.3, -0.25) is 0 Å². The molecule has 1 rings (SSSR count). The third-order valence-corrected chi connectivity index (χ3v) is 2.31. The van der Waals surface area contributed by atoms with Crippen molar-refractivity contribution in [3.05, 3.63) is 11.7 Å². The first-order valence-electron chi connectivity index (χ1n) is 6.43. The lowest BCUT2D eigenvalue weighted by Gasteiger charge is -2.11. The summed E-state index contributed by atoms with van der Waals surface area (Å²) in [6.45, 7) is 10.4. The molecule has 0 fully saturated rings. The van der Waals surface area contributed by atoms with Crippen LogP contribution in [0.15, 0.2) is 9.52 Å². The highest BCUT2D eigenvalue weighted by molar-refractivity contribution is 14.0. The quantitative estimate of drug-likeness (QED) is 0.449. The summed E-state index contributed by atoms with van der Waals surface area (Å²) in [6.07, 6.45) is 1.12. The summed E-state index contributed by atoms with van der Waals surface area (Å²) in [6, 6.07) is 0. The molecule has 6 nitrogen and oxygen atoms in total. The zero-order valence-corrected chi connectivity index (χ0v) is 14.4. The Balaban J connectivity index is 0.00000324. The van der Waals surface area contributed by atoms with E-state index in [2.05, 4.69) is 39.6 Å². The summed E-state index contributed by atoms with van der Waals surface area (Å²) in [7, 11) is 0. The highest BCUT2D eigenvalue weighted by atomic mass is 127. The molecule has 7 heteroatoms. The number of guanidine groups is 1. The topological polar surface area (TPSA) is 75.3 Å². The van der Waals surface area contributed by atoms with Gasteiger partial charge in [0, 0.05) is 20.0 Å². The zero-order chi connectivity index (χ0) is 13.4. The number of halogens is 1. The molecule has 19 heavy (non-hydrogen) atoms. The third kappa shape index (κ3) is 8.02. The summed E-state index contributed by atoms with van der Waals surface area (Å²) in [5.74, 6) is 2.65. The Kier molecular flexibility index (Phi) is 9.54. The molecule has 1 heterocycles. The molecule has 0 saturated carbocycles. The van der Waals surface area contributed by atoms with Crippen LogP contribution in [0.4, 0.5) is 0 Å². The minimum Gasteiger partial charge on any atom is -0.357 e. The lowest BCUT2D eigenvalue weighted by atomic mass is 10.1. The molecule has 2 N–H and O–H groups in total. The Morgan fingerprint density at radius 2 is 2.11 bits per heavy atom. The molecule has 1 aromatic rings. The van der Waals surface area contributed by atoms with Gasteiger partial charge >= 0.3 is 0 Å². The van der Waals surface area contributed by atoms with Crippen LogP contribution in [0, 0.1) is 12.8 Å². The number of hydrogen-bond acceptors (Lipinski definition) is 4. The molecule has 0 atom stereocenters.